The number of aromatic nitrogens is 1. The van der Waals surface area contributed by atoms with Gasteiger partial charge in [0.25, 0.3) is 0 Å². The van der Waals surface area contributed by atoms with Gasteiger partial charge in [-0.2, -0.15) is 0 Å². The Bertz CT molecular complexity index is 413. The molecule has 1 aliphatic carbocycles. The number of carbonyl (C=O) groups excluding carboxylic acids is 1. The summed E-state index contributed by atoms with van der Waals surface area (Å²) >= 11 is 0. The molecule has 1 heterocycles. The number of ketones is 1. The van der Waals surface area contributed by atoms with E-state index >= 15 is 0 Å². The molecule has 1 saturated carbocycles. The maximum Gasteiger partial charge on any atom is 0.167 e. The van der Waals surface area contributed by atoms with Gasteiger partial charge in [0.2, 0.25) is 0 Å². The summed E-state index contributed by atoms with van der Waals surface area (Å²) in [6.07, 6.45) is 5.00. The zero-order chi connectivity index (χ0) is 12.4. The predicted molar refractivity (Wildman–Crippen MR) is 69.0 cm³/mol. The molecule has 0 aromatic carbocycles. The Morgan fingerprint density at radius 2 is 2.06 bits per heavy atom. The van der Waals surface area contributed by atoms with E-state index in [0.29, 0.717) is 11.7 Å². The van der Waals surface area contributed by atoms with E-state index in [1.807, 2.05) is 19.1 Å². The number of nitrogens with zero attached hydrogens (tertiary/aromatic N) is 1. The van der Waals surface area contributed by atoms with Crippen molar-refractivity contribution in [3.8, 4) is 0 Å². The first-order valence-electron chi connectivity index (χ1n) is 6.55. The Morgan fingerprint density at radius 3 is 2.71 bits per heavy atom. The fourth-order valence-electron chi connectivity index (χ4n) is 2.75. The Balaban J connectivity index is 2.14. The van der Waals surface area contributed by atoms with Crippen LogP contribution in [-0.2, 0) is 0 Å². The minimum atomic E-state index is 0.212. The first kappa shape index (κ1) is 12.3. The standard InChI is InChI=1S/C15H21NO/c1-10-6-7-13(9-11(10)2)15(17)14-5-4-8-16-12(14)3/h4-5,8,10-11,13H,6-7,9H2,1-3H3. The van der Waals surface area contributed by atoms with E-state index in [2.05, 4.69) is 18.8 Å². The lowest BCUT2D eigenvalue weighted by Gasteiger charge is -2.31. The van der Waals surface area contributed by atoms with Crippen molar-refractivity contribution in [1.82, 2.24) is 4.98 Å². The highest BCUT2D eigenvalue weighted by molar-refractivity contribution is 5.98. The van der Waals surface area contributed by atoms with Crippen molar-refractivity contribution in [3.63, 3.8) is 0 Å². The summed E-state index contributed by atoms with van der Waals surface area (Å²) in [7, 11) is 0. The Labute approximate surface area is 103 Å². The van der Waals surface area contributed by atoms with Gasteiger partial charge < -0.3 is 0 Å². The van der Waals surface area contributed by atoms with Gasteiger partial charge in [0.1, 0.15) is 0 Å². The summed E-state index contributed by atoms with van der Waals surface area (Å²) in [6.45, 7) is 6.48. The average Bonchev–Trinajstić information content (AvgIpc) is 2.32. The summed E-state index contributed by atoms with van der Waals surface area (Å²) in [5.41, 5.74) is 1.68. The van der Waals surface area contributed by atoms with Gasteiger partial charge in [0, 0.05) is 23.4 Å². The third kappa shape index (κ3) is 2.56. The number of rotatable bonds is 2. The van der Waals surface area contributed by atoms with Gasteiger partial charge in [-0.25, -0.2) is 0 Å². The van der Waals surface area contributed by atoms with Crippen LogP contribution in [0.3, 0.4) is 0 Å². The molecule has 0 saturated heterocycles. The zero-order valence-corrected chi connectivity index (χ0v) is 10.9. The fourth-order valence-corrected chi connectivity index (χ4v) is 2.75. The van der Waals surface area contributed by atoms with Gasteiger partial charge in [-0.3, -0.25) is 9.78 Å². The van der Waals surface area contributed by atoms with Crippen LogP contribution in [0.1, 0.15) is 49.2 Å². The van der Waals surface area contributed by atoms with E-state index < -0.39 is 0 Å². The van der Waals surface area contributed by atoms with Gasteiger partial charge in [0.15, 0.2) is 5.78 Å². The van der Waals surface area contributed by atoms with Crippen molar-refractivity contribution in [1.29, 1.82) is 0 Å². The lowest BCUT2D eigenvalue weighted by molar-refractivity contribution is 0.0836. The minimum Gasteiger partial charge on any atom is -0.294 e. The Morgan fingerprint density at radius 1 is 1.29 bits per heavy atom. The van der Waals surface area contributed by atoms with E-state index in [-0.39, 0.29) is 5.92 Å². The maximum absolute atomic E-state index is 12.4. The molecule has 3 atom stereocenters. The highest BCUT2D eigenvalue weighted by Crippen LogP contribution is 2.35. The van der Waals surface area contributed by atoms with Crippen molar-refractivity contribution in [2.75, 3.05) is 0 Å². The quantitative estimate of drug-likeness (QED) is 0.727. The summed E-state index contributed by atoms with van der Waals surface area (Å²) < 4.78 is 0. The average molecular weight is 231 g/mol. The highest BCUT2D eigenvalue weighted by Gasteiger charge is 2.30. The number of hydrogen-bond donors (Lipinski definition) is 0. The predicted octanol–water partition coefficient (Wildman–Crippen LogP) is 3.65. The van der Waals surface area contributed by atoms with Crippen LogP contribution in [0.15, 0.2) is 18.3 Å². The van der Waals surface area contributed by atoms with Crippen LogP contribution in [0.5, 0.6) is 0 Å². The molecule has 1 aromatic heterocycles. The van der Waals surface area contributed by atoms with Crippen molar-refractivity contribution in [2.24, 2.45) is 17.8 Å². The molecule has 2 heteroatoms. The molecule has 2 rings (SSSR count). The number of pyridine rings is 1. The monoisotopic (exact) mass is 231 g/mol. The first-order chi connectivity index (χ1) is 8.09. The molecule has 0 spiro atoms. The van der Waals surface area contributed by atoms with Crippen LogP contribution in [0.25, 0.3) is 0 Å². The second-order valence-electron chi connectivity index (χ2n) is 5.47. The van der Waals surface area contributed by atoms with Gasteiger partial charge in [-0.15, -0.1) is 0 Å². The molecule has 0 radical (unpaired) electrons. The second-order valence-corrected chi connectivity index (χ2v) is 5.47. The molecule has 17 heavy (non-hydrogen) atoms. The number of carbonyl (C=O) groups is 1. The van der Waals surface area contributed by atoms with Crippen LogP contribution in [-0.4, -0.2) is 10.8 Å². The Hall–Kier alpha value is -1.18. The topological polar surface area (TPSA) is 30.0 Å². The molecule has 2 nitrogen and oxygen atoms in total. The van der Waals surface area contributed by atoms with Gasteiger partial charge in [-0.05, 0) is 50.2 Å². The number of Topliss-reactive ketones (excluding diaryl/α,β-unsaturated/α-hetero) is 1. The maximum atomic E-state index is 12.4. The van der Waals surface area contributed by atoms with Crippen molar-refractivity contribution < 1.29 is 4.79 Å². The lowest BCUT2D eigenvalue weighted by atomic mass is 9.73. The van der Waals surface area contributed by atoms with Crippen LogP contribution in [0, 0.1) is 24.7 Å². The third-order valence-electron chi connectivity index (χ3n) is 4.24. The van der Waals surface area contributed by atoms with Crippen LogP contribution in [0.4, 0.5) is 0 Å². The third-order valence-corrected chi connectivity index (χ3v) is 4.24. The summed E-state index contributed by atoms with van der Waals surface area (Å²) in [5, 5.41) is 0. The van der Waals surface area contributed by atoms with E-state index in [0.717, 1.165) is 30.0 Å². The molecule has 0 bridgehead atoms. The second kappa shape index (κ2) is 4.99. The SMILES string of the molecule is Cc1ncccc1C(=O)C1CCC(C)C(C)C1. The molecule has 92 valence electrons. The Kier molecular flexibility index (Phi) is 3.60. The molecule has 1 aliphatic rings. The summed E-state index contributed by atoms with van der Waals surface area (Å²) in [4.78, 5) is 16.6. The summed E-state index contributed by atoms with van der Waals surface area (Å²) in [6, 6.07) is 3.77. The van der Waals surface area contributed by atoms with Gasteiger partial charge in [0.05, 0.1) is 0 Å². The molecule has 1 aromatic rings. The zero-order valence-electron chi connectivity index (χ0n) is 10.9. The molecule has 0 amide bonds. The summed E-state index contributed by atoms with van der Waals surface area (Å²) in [5.74, 6) is 1.93. The molecule has 0 aliphatic heterocycles. The van der Waals surface area contributed by atoms with E-state index in [1.54, 1.807) is 6.20 Å². The van der Waals surface area contributed by atoms with Crippen LogP contribution in [0.2, 0.25) is 0 Å². The smallest absolute Gasteiger partial charge is 0.167 e. The van der Waals surface area contributed by atoms with Crippen molar-refractivity contribution in [3.05, 3.63) is 29.6 Å². The molecule has 1 fully saturated rings. The van der Waals surface area contributed by atoms with Gasteiger partial charge >= 0.3 is 0 Å². The van der Waals surface area contributed by atoms with E-state index in [9.17, 15) is 4.79 Å². The van der Waals surface area contributed by atoms with Crippen molar-refractivity contribution in [2.45, 2.75) is 40.0 Å². The number of hydrogen-bond acceptors (Lipinski definition) is 2. The van der Waals surface area contributed by atoms with Crippen LogP contribution < -0.4 is 0 Å². The van der Waals surface area contributed by atoms with Crippen molar-refractivity contribution >= 4 is 5.78 Å². The van der Waals surface area contributed by atoms with Gasteiger partial charge in [-0.1, -0.05) is 13.8 Å². The highest BCUT2D eigenvalue weighted by atomic mass is 16.1. The lowest BCUT2D eigenvalue weighted by Crippen LogP contribution is -2.27. The first-order valence-corrected chi connectivity index (χ1v) is 6.55. The van der Waals surface area contributed by atoms with E-state index in [4.69, 9.17) is 0 Å². The largest absolute Gasteiger partial charge is 0.294 e. The molecule has 0 N–H and O–H groups in total. The van der Waals surface area contributed by atoms with E-state index in [1.165, 1.54) is 6.42 Å². The normalized spacial score (nSPS) is 29.0. The number of aryl methyl sites for hydroxylation is 1. The fraction of sp³-hybridized carbons (Fsp3) is 0.600. The molecule has 3 unspecified atom stereocenters. The van der Waals surface area contributed by atoms with Crippen LogP contribution >= 0.6 is 0 Å². The molecular weight excluding hydrogens is 210 g/mol. The molecular formula is C15H21NO. The minimum absolute atomic E-state index is 0.212.